The van der Waals surface area contributed by atoms with Gasteiger partial charge in [-0.3, -0.25) is 9.11 Å². The third-order valence-electron chi connectivity index (χ3n) is 0. The molecule has 0 bridgehead atoms. The number of hydrogen-bond donors (Lipinski definition) is 2. The second-order valence-corrected chi connectivity index (χ2v) is 1.34. The molecule has 0 aromatic heterocycles. The average Bonchev–Trinajstić information content (AvgIpc) is 0.722. The Kier molecular flexibility index (Phi) is 42.9. The first kappa shape index (κ1) is 30.6. The predicted molar refractivity (Wildman–Crippen MR) is 28.6 cm³/mol. The molecule has 0 aromatic rings. The molecule has 0 aliphatic heterocycles. The van der Waals surface area contributed by atoms with Gasteiger partial charge in [0.15, 0.2) is 0 Å². The molecule has 0 spiro atoms. The molecule has 0 saturated heterocycles. The summed E-state index contributed by atoms with van der Waals surface area (Å²) in [4.78, 5) is 0. The number of rotatable bonds is 0. The third-order valence-corrected chi connectivity index (χ3v) is 0. The van der Waals surface area contributed by atoms with Crippen LogP contribution in [0.2, 0.25) is 0 Å². The van der Waals surface area contributed by atoms with Crippen LogP contribution in [0.4, 0.5) is 0 Å². The summed E-state index contributed by atoms with van der Waals surface area (Å²) in [5.74, 6) is 0. The Morgan fingerprint density at radius 2 is 1.00 bits per heavy atom. The molecule has 0 aliphatic carbocycles. The fourth-order valence-electron chi connectivity index (χ4n) is 0. The Balaban J connectivity index is -0.0000000133. The quantitative estimate of drug-likeness (QED) is 0.339. The van der Waals surface area contributed by atoms with Gasteiger partial charge in [-0.05, 0) is 0 Å². The topological polar surface area (TPSA) is 138 Å². The van der Waals surface area contributed by atoms with Gasteiger partial charge in [0.05, 0.1) is 0 Å². The molecule has 0 radical (unpaired) electrons. The van der Waals surface area contributed by atoms with Gasteiger partial charge in [0.25, 0.3) is 0 Å². The Labute approximate surface area is 105 Å². The first-order valence-corrected chi connectivity index (χ1v) is 2.10. The van der Waals surface area contributed by atoms with Gasteiger partial charge >= 0.3 is 61.8 Å². The van der Waals surface area contributed by atoms with Crippen LogP contribution in [0.1, 0.15) is 0 Å². The van der Waals surface area contributed by atoms with Crippen molar-refractivity contribution in [1.29, 1.82) is 0 Å². The van der Waals surface area contributed by atoms with Crippen LogP contribution in [0, 0.1) is 0 Å². The zero-order valence-electron chi connectivity index (χ0n) is 3.47. The number of hydrogen-bond acceptors (Lipinski definition) is 2. The predicted octanol–water partition coefficient (Wildman–Crippen LogP) is -2.95. The molecule has 0 aromatic carbocycles. The standard InChI is InChI=1S/Fe.K.H2O4S.2H2O.H/c;;1-5(2,3)4;;;/h;;(H2,1,2,3,4);2*1H2;. The summed E-state index contributed by atoms with van der Waals surface area (Å²) in [7, 11) is -4.67. The SMILES string of the molecule is O.O.O=S(=O)(O)O.[Fe].[KH]. The molecular weight excluding hydrogens is 223 g/mol. The Bertz CT molecular complexity index is 96.2. The van der Waals surface area contributed by atoms with Gasteiger partial charge in [-0.2, -0.15) is 8.42 Å². The minimum absolute atomic E-state index is 0. The molecule has 58 valence electrons. The summed E-state index contributed by atoms with van der Waals surface area (Å²) in [6.07, 6.45) is 0. The van der Waals surface area contributed by atoms with E-state index >= 15 is 0 Å². The summed E-state index contributed by atoms with van der Waals surface area (Å²) in [5, 5.41) is 0. The summed E-state index contributed by atoms with van der Waals surface area (Å²) in [6, 6.07) is 0. The maximum atomic E-state index is 8.74. The molecule has 0 heterocycles. The molecule has 6 N–H and O–H groups in total. The van der Waals surface area contributed by atoms with Gasteiger partial charge in [0.2, 0.25) is 0 Å². The van der Waals surface area contributed by atoms with Crippen molar-refractivity contribution in [3.8, 4) is 0 Å². The van der Waals surface area contributed by atoms with Crippen LogP contribution in [0.3, 0.4) is 0 Å². The van der Waals surface area contributed by atoms with Crippen molar-refractivity contribution in [2.45, 2.75) is 0 Å². The van der Waals surface area contributed by atoms with Crippen LogP contribution in [0.5, 0.6) is 0 Å². The molecule has 0 atom stereocenters. The van der Waals surface area contributed by atoms with E-state index in [1.54, 1.807) is 0 Å². The molecule has 0 amide bonds. The third kappa shape index (κ3) is 166. The van der Waals surface area contributed by atoms with Crippen LogP contribution in [0.25, 0.3) is 0 Å². The average molecular weight is 230 g/mol. The van der Waals surface area contributed by atoms with Crippen LogP contribution in [-0.4, -0.2) is 79.9 Å². The fourth-order valence-corrected chi connectivity index (χ4v) is 0. The summed E-state index contributed by atoms with van der Waals surface area (Å²) < 4.78 is 31.6. The van der Waals surface area contributed by atoms with Crippen molar-refractivity contribution in [3.63, 3.8) is 0 Å². The fraction of sp³-hybridized carbons (Fsp3) is 0. The van der Waals surface area contributed by atoms with Crippen molar-refractivity contribution >= 4 is 61.8 Å². The van der Waals surface area contributed by atoms with Gasteiger partial charge in [0.1, 0.15) is 0 Å². The monoisotopic (exact) mass is 230 g/mol. The van der Waals surface area contributed by atoms with Crippen molar-refractivity contribution in [2.75, 3.05) is 0 Å². The molecule has 0 aliphatic rings. The van der Waals surface area contributed by atoms with Gasteiger partial charge in [-0.1, -0.05) is 0 Å². The Hall–Kier alpha value is 1.95. The zero-order valence-corrected chi connectivity index (χ0v) is 5.39. The van der Waals surface area contributed by atoms with Crippen molar-refractivity contribution in [1.82, 2.24) is 0 Å². The summed E-state index contributed by atoms with van der Waals surface area (Å²) in [5.41, 5.74) is 0. The van der Waals surface area contributed by atoms with E-state index in [0.717, 1.165) is 0 Å². The van der Waals surface area contributed by atoms with Gasteiger partial charge in [0, 0.05) is 17.1 Å². The molecule has 0 rings (SSSR count). The maximum absolute atomic E-state index is 8.74. The summed E-state index contributed by atoms with van der Waals surface area (Å²) >= 11 is 0. The van der Waals surface area contributed by atoms with Crippen molar-refractivity contribution < 1.29 is 45.5 Å². The van der Waals surface area contributed by atoms with E-state index in [-0.39, 0.29) is 79.4 Å². The van der Waals surface area contributed by atoms with E-state index in [1.165, 1.54) is 0 Å². The molecule has 6 nitrogen and oxygen atoms in total. The van der Waals surface area contributed by atoms with Crippen molar-refractivity contribution in [2.24, 2.45) is 0 Å². The van der Waals surface area contributed by atoms with E-state index in [0.29, 0.717) is 0 Å². The van der Waals surface area contributed by atoms with E-state index in [9.17, 15) is 0 Å². The second kappa shape index (κ2) is 12.6. The van der Waals surface area contributed by atoms with E-state index < -0.39 is 10.4 Å². The normalized spacial score (nSPS) is 6.44. The van der Waals surface area contributed by atoms with Crippen LogP contribution in [0.15, 0.2) is 0 Å². The molecule has 0 saturated carbocycles. The second-order valence-electron chi connectivity index (χ2n) is 0.448. The summed E-state index contributed by atoms with van der Waals surface area (Å²) in [6.45, 7) is 0. The van der Waals surface area contributed by atoms with E-state index in [4.69, 9.17) is 17.5 Å². The molecule has 9 heavy (non-hydrogen) atoms. The molecule has 0 unspecified atom stereocenters. The first-order chi connectivity index (χ1) is 2.00. The Morgan fingerprint density at radius 1 is 1.00 bits per heavy atom. The van der Waals surface area contributed by atoms with Gasteiger partial charge in [-0.15, -0.1) is 0 Å². The first-order valence-electron chi connectivity index (χ1n) is 0.698. The van der Waals surface area contributed by atoms with Crippen LogP contribution >= 0.6 is 0 Å². The van der Waals surface area contributed by atoms with Crippen LogP contribution < -0.4 is 0 Å². The molecule has 0 fully saturated rings. The Morgan fingerprint density at radius 3 is 1.00 bits per heavy atom. The van der Waals surface area contributed by atoms with E-state index in [1.807, 2.05) is 0 Å². The van der Waals surface area contributed by atoms with Crippen LogP contribution in [-0.2, 0) is 27.5 Å². The van der Waals surface area contributed by atoms with E-state index in [2.05, 4.69) is 0 Å². The minimum atomic E-state index is -4.67. The zero-order chi connectivity index (χ0) is 4.50. The molecular formula is H7FeKO6S. The van der Waals surface area contributed by atoms with Crippen molar-refractivity contribution in [3.05, 3.63) is 0 Å². The van der Waals surface area contributed by atoms with Gasteiger partial charge in [-0.25, -0.2) is 0 Å². The molecule has 9 heteroatoms. The van der Waals surface area contributed by atoms with Gasteiger partial charge < -0.3 is 11.0 Å².